The minimum atomic E-state index is 0.658. The fourth-order valence-electron chi connectivity index (χ4n) is 2.13. The molecule has 1 aliphatic heterocycles. The number of rotatable bonds is 7. The molecule has 0 unspecified atom stereocenters. The summed E-state index contributed by atoms with van der Waals surface area (Å²) in [5.74, 6) is 1.39. The van der Waals surface area contributed by atoms with Crippen molar-refractivity contribution in [2.24, 2.45) is 0 Å². The van der Waals surface area contributed by atoms with Gasteiger partial charge >= 0.3 is 0 Å². The van der Waals surface area contributed by atoms with Crippen molar-refractivity contribution in [1.82, 2.24) is 20.2 Å². The van der Waals surface area contributed by atoms with Crippen molar-refractivity contribution in [2.75, 3.05) is 57.8 Å². The van der Waals surface area contributed by atoms with E-state index in [0.717, 1.165) is 51.6 Å². The van der Waals surface area contributed by atoms with Crippen molar-refractivity contribution in [1.29, 1.82) is 0 Å². The second kappa shape index (κ2) is 8.01. The number of hydrogen-bond donors (Lipinski definition) is 1. The van der Waals surface area contributed by atoms with Crippen molar-refractivity contribution in [3.05, 3.63) is 12.3 Å². The summed E-state index contributed by atoms with van der Waals surface area (Å²) in [5.41, 5.74) is 0. The van der Waals surface area contributed by atoms with E-state index in [1.165, 1.54) is 0 Å². The Kier molecular flexibility index (Phi) is 6.01. The molecule has 0 aromatic carbocycles. The zero-order chi connectivity index (χ0) is 14.2. The summed E-state index contributed by atoms with van der Waals surface area (Å²) < 4.78 is 5.54. The highest BCUT2D eigenvalue weighted by molar-refractivity contribution is 5.30. The van der Waals surface area contributed by atoms with Crippen LogP contribution < -0.4 is 15.0 Å². The van der Waals surface area contributed by atoms with Gasteiger partial charge in [0, 0.05) is 58.6 Å². The molecule has 1 saturated heterocycles. The SMILES string of the molecule is CCCOc1ccnc(N(C)CCN2CCNCC2)n1. The summed E-state index contributed by atoms with van der Waals surface area (Å²) >= 11 is 0. The molecule has 2 rings (SSSR count). The first kappa shape index (κ1) is 15.0. The van der Waals surface area contributed by atoms with E-state index >= 15 is 0 Å². The van der Waals surface area contributed by atoms with E-state index in [4.69, 9.17) is 4.74 Å². The van der Waals surface area contributed by atoms with Crippen molar-refractivity contribution < 1.29 is 4.74 Å². The van der Waals surface area contributed by atoms with Crippen LogP contribution in [-0.2, 0) is 0 Å². The average Bonchev–Trinajstić information content (AvgIpc) is 2.52. The van der Waals surface area contributed by atoms with Crippen LogP contribution in [0.4, 0.5) is 5.95 Å². The Labute approximate surface area is 121 Å². The van der Waals surface area contributed by atoms with Crippen LogP contribution >= 0.6 is 0 Å². The molecule has 1 aromatic rings. The molecule has 0 amide bonds. The van der Waals surface area contributed by atoms with E-state index in [0.29, 0.717) is 12.5 Å². The van der Waals surface area contributed by atoms with Gasteiger partial charge in [0.2, 0.25) is 11.8 Å². The molecule has 6 heteroatoms. The molecule has 0 atom stereocenters. The Morgan fingerprint density at radius 2 is 2.20 bits per heavy atom. The predicted molar refractivity (Wildman–Crippen MR) is 80.4 cm³/mol. The molecule has 1 aliphatic rings. The number of nitrogens with one attached hydrogen (secondary N) is 1. The second-order valence-electron chi connectivity index (χ2n) is 5.06. The number of ether oxygens (including phenoxy) is 1. The molecule has 1 fully saturated rings. The summed E-state index contributed by atoms with van der Waals surface area (Å²) in [6.45, 7) is 9.16. The van der Waals surface area contributed by atoms with Crippen molar-refractivity contribution in [3.63, 3.8) is 0 Å². The highest BCUT2D eigenvalue weighted by atomic mass is 16.5. The lowest BCUT2D eigenvalue weighted by atomic mass is 10.3. The average molecular weight is 279 g/mol. The molecule has 20 heavy (non-hydrogen) atoms. The first-order valence-electron chi connectivity index (χ1n) is 7.39. The number of aromatic nitrogens is 2. The maximum Gasteiger partial charge on any atom is 0.228 e. The largest absolute Gasteiger partial charge is 0.478 e. The maximum atomic E-state index is 5.54. The lowest BCUT2D eigenvalue weighted by Gasteiger charge is -2.29. The van der Waals surface area contributed by atoms with Crippen molar-refractivity contribution in [3.8, 4) is 5.88 Å². The molecule has 0 aliphatic carbocycles. The fraction of sp³-hybridized carbons (Fsp3) is 0.714. The van der Waals surface area contributed by atoms with Crippen LogP contribution in [-0.4, -0.2) is 67.8 Å². The van der Waals surface area contributed by atoms with Gasteiger partial charge in [0.25, 0.3) is 0 Å². The van der Waals surface area contributed by atoms with Gasteiger partial charge in [-0.15, -0.1) is 0 Å². The lowest BCUT2D eigenvalue weighted by Crippen LogP contribution is -2.46. The number of nitrogens with zero attached hydrogens (tertiary/aromatic N) is 4. The van der Waals surface area contributed by atoms with E-state index < -0.39 is 0 Å². The van der Waals surface area contributed by atoms with Gasteiger partial charge in [-0.25, -0.2) is 4.98 Å². The third-order valence-electron chi connectivity index (χ3n) is 3.37. The number of anilines is 1. The third kappa shape index (κ3) is 4.61. The van der Waals surface area contributed by atoms with E-state index in [2.05, 4.69) is 32.0 Å². The molecule has 1 N–H and O–H groups in total. The Bertz CT molecular complexity index is 395. The normalized spacial score (nSPS) is 16.1. The molecular weight excluding hydrogens is 254 g/mol. The van der Waals surface area contributed by atoms with Crippen LogP contribution in [0.25, 0.3) is 0 Å². The first-order chi connectivity index (χ1) is 9.79. The lowest BCUT2D eigenvalue weighted by molar-refractivity contribution is 0.246. The van der Waals surface area contributed by atoms with Crippen LogP contribution in [0.2, 0.25) is 0 Å². The third-order valence-corrected chi connectivity index (χ3v) is 3.37. The number of likely N-dealkylation sites (N-methyl/N-ethyl adjacent to an activating group) is 1. The van der Waals surface area contributed by atoms with Gasteiger partial charge in [-0.2, -0.15) is 4.98 Å². The topological polar surface area (TPSA) is 53.5 Å². The molecule has 2 heterocycles. The summed E-state index contributed by atoms with van der Waals surface area (Å²) in [6, 6.07) is 1.81. The van der Waals surface area contributed by atoms with Crippen LogP contribution in [0.15, 0.2) is 12.3 Å². The second-order valence-corrected chi connectivity index (χ2v) is 5.06. The minimum absolute atomic E-state index is 0.658. The van der Waals surface area contributed by atoms with Gasteiger partial charge < -0.3 is 15.0 Å². The molecule has 0 saturated carbocycles. The van der Waals surface area contributed by atoms with Crippen molar-refractivity contribution in [2.45, 2.75) is 13.3 Å². The number of piperazine rings is 1. The Balaban J connectivity index is 1.82. The highest BCUT2D eigenvalue weighted by Crippen LogP contribution is 2.11. The number of hydrogen-bond acceptors (Lipinski definition) is 6. The summed E-state index contributed by atoms with van der Waals surface area (Å²) in [7, 11) is 2.03. The van der Waals surface area contributed by atoms with Crippen LogP contribution in [0.1, 0.15) is 13.3 Å². The molecule has 1 aromatic heterocycles. The molecule has 0 radical (unpaired) electrons. The van der Waals surface area contributed by atoms with Gasteiger partial charge in [-0.1, -0.05) is 6.92 Å². The van der Waals surface area contributed by atoms with E-state index in [1.807, 2.05) is 13.1 Å². The fourth-order valence-corrected chi connectivity index (χ4v) is 2.13. The first-order valence-corrected chi connectivity index (χ1v) is 7.39. The molecule has 6 nitrogen and oxygen atoms in total. The Morgan fingerprint density at radius 1 is 1.40 bits per heavy atom. The van der Waals surface area contributed by atoms with Gasteiger partial charge in [0.05, 0.1) is 6.61 Å². The van der Waals surface area contributed by atoms with Gasteiger partial charge in [-0.05, 0) is 6.42 Å². The highest BCUT2D eigenvalue weighted by Gasteiger charge is 2.11. The molecule has 112 valence electrons. The van der Waals surface area contributed by atoms with Gasteiger partial charge in [0.1, 0.15) is 0 Å². The summed E-state index contributed by atoms with van der Waals surface area (Å²) in [4.78, 5) is 13.3. The molecule has 0 spiro atoms. The quantitative estimate of drug-likeness (QED) is 0.789. The Hall–Kier alpha value is -1.40. The van der Waals surface area contributed by atoms with E-state index in [-0.39, 0.29) is 0 Å². The summed E-state index contributed by atoms with van der Waals surface area (Å²) in [5, 5.41) is 3.36. The van der Waals surface area contributed by atoms with Crippen LogP contribution in [0.5, 0.6) is 5.88 Å². The molecular formula is C14H25N5O. The van der Waals surface area contributed by atoms with Gasteiger partial charge in [0.15, 0.2) is 0 Å². The monoisotopic (exact) mass is 279 g/mol. The van der Waals surface area contributed by atoms with Crippen molar-refractivity contribution >= 4 is 5.95 Å². The minimum Gasteiger partial charge on any atom is -0.478 e. The summed E-state index contributed by atoms with van der Waals surface area (Å²) in [6.07, 6.45) is 2.74. The van der Waals surface area contributed by atoms with E-state index in [9.17, 15) is 0 Å². The standard InChI is InChI=1S/C14H25N5O/c1-3-12-20-13-4-5-16-14(17-13)18(2)10-11-19-8-6-15-7-9-19/h4-5,15H,3,6-12H2,1-2H3. The van der Waals surface area contributed by atoms with Gasteiger partial charge in [-0.3, -0.25) is 4.90 Å². The van der Waals surface area contributed by atoms with Crippen LogP contribution in [0, 0.1) is 0 Å². The Morgan fingerprint density at radius 3 is 2.95 bits per heavy atom. The molecule has 0 bridgehead atoms. The maximum absolute atomic E-state index is 5.54. The predicted octanol–water partition coefficient (Wildman–Crippen LogP) is 0.607. The zero-order valence-electron chi connectivity index (χ0n) is 12.5. The smallest absolute Gasteiger partial charge is 0.228 e. The van der Waals surface area contributed by atoms with E-state index in [1.54, 1.807) is 6.20 Å². The zero-order valence-corrected chi connectivity index (χ0v) is 12.5. The van der Waals surface area contributed by atoms with Crippen LogP contribution in [0.3, 0.4) is 0 Å².